The lowest BCUT2D eigenvalue weighted by Gasteiger charge is -2.39. The van der Waals surface area contributed by atoms with Gasteiger partial charge in [0.25, 0.3) is 0 Å². The third-order valence-corrected chi connectivity index (χ3v) is 9.84. The molecule has 10 nitrogen and oxygen atoms in total. The molecular weight excluding hydrogens is 676 g/mol. The van der Waals surface area contributed by atoms with Crippen molar-refractivity contribution in [3.05, 3.63) is 24.3 Å². The second-order valence-electron chi connectivity index (χ2n) is 14.8. The zero-order valence-electron chi connectivity index (χ0n) is 33.5. The van der Waals surface area contributed by atoms with Crippen molar-refractivity contribution < 1.29 is 49.0 Å². The zero-order valence-corrected chi connectivity index (χ0v) is 33.5. The zero-order chi connectivity index (χ0) is 38.8. The molecule has 1 aliphatic rings. The molecule has 0 saturated carbocycles. The number of allylic oxidation sites excluding steroid dienone is 4. The van der Waals surface area contributed by atoms with Gasteiger partial charge in [0.15, 0.2) is 12.4 Å². The molecule has 53 heavy (non-hydrogen) atoms. The summed E-state index contributed by atoms with van der Waals surface area (Å²) in [4.78, 5) is 25.3. The first kappa shape index (κ1) is 49.2. The smallest absolute Gasteiger partial charge is 0.306 e. The minimum atomic E-state index is -1.59. The molecule has 0 aliphatic carbocycles. The van der Waals surface area contributed by atoms with Crippen molar-refractivity contribution in [3.63, 3.8) is 0 Å². The Labute approximate surface area is 322 Å². The van der Waals surface area contributed by atoms with Crippen LogP contribution in [0.25, 0.3) is 0 Å². The van der Waals surface area contributed by atoms with E-state index in [1.807, 2.05) is 0 Å². The number of carbonyl (C=O) groups excluding carboxylic acids is 2. The Morgan fingerprint density at radius 1 is 0.585 bits per heavy atom. The van der Waals surface area contributed by atoms with E-state index in [9.17, 15) is 30.0 Å². The number of esters is 2. The standard InChI is InChI=1S/C43H78O10/c1-3-5-7-9-11-13-15-17-19-21-23-25-27-29-31-38(45)50-34-36(35-51-43-42(49)41(48)40(47)37(33-44)53-43)52-39(46)32-30-28-26-24-22-20-18-16-14-12-10-8-6-4-2/h10,12,16,18,36-37,40-44,47-49H,3-9,11,13-15,17,19-35H2,1-2H3/b12-10+,18-16+/t36-,37-,40+,41?,42?,43-/m0/s1. The van der Waals surface area contributed by atoms with Crippen LogP contribution in [0.2, 0.25) is 0 Å². The maximum absolute atomic E-state index is 12.7. The third-order valence-electron chi connectivity index (χ3n) is 9.84. The molecule has 0 radical (unpaired) electrons. The topological polar surface area (TPSA) is 152 Å². The van der Waals surface area contributed by atoms with E-state index in [4.69, 9.17) is 18.9 Å². The summed E-state index contributed by atoms with van der Waals surface area (Å²) in [5, 5.41) is 40.0. The summed E-state index contributed by atoms with van der Waals surface area (Å²) in [5.41, 5.74) is 0. The fourth-order valence-corrected chi connectivity index (χ4v) is 6.38. The predicted octanol–water partition coefficient (Wildman–Crippen LogP) is 8.55. The van der Waals surface area contributed by atoms with Crippen LogP contribution in [0.3, 0.4) is 0 Å². The predicted molar refractivity (Wildman–Crippen MR) is 210 cm³/mol. The van der Waals surface area contributed by atoms with Crippen LogP contribution in [0.5, 0.6) is 0 Å². The molecule has 1 rings (SSSR count). The van der Waals surface area contributed by atoms with Crippen LogP contribution in [-0.4, -0.2) is 89.0 Å². The van der Waals surface area contributed by atoms with Gasteiger partial charge < -0.3 is 39.4 Å². The number of aliphatic hydroxyl groups is 4. The highest BCUT2D eigenvalue weighted by Gasteiger charge is 2.44. The van der Waals surface area contributed by atoms with E-state index in [0.29, 0.717) is 6.42 Å². The van der Waals surface area contributed by atoms with Crippen molar-refractivity contribution in [1.82, 2.24) is 0 Å². The number of hydrogen-bond acceptors (Lipinski definition) is 10. The molecule has 1 fully saturated rings. The molecule has 0 aromatic heterocycles. The van der Waals surface area contributed by atoms with E-state index in [2.05, 4.69) is 38.2 Å². The van der Waals surface area contributed by atoms with Gasteiger partial charge in [0.05, 0.1) is 13.2 Å². The third kappa shape index (κ3) is 26.6. The first-order chi connectivity index (χ1) is 25.8. The SMILES string of the molecule is CCCC/C=C/C/C=C/CCCCCCCC(=O)O[C@@H](COC(=O)CCCCCCCCCCCCCCCC)CO[C@H]1O[C@@H](CO)[C@@H](O)C(O)C1O. The van der Waals surface area contributed by atoms with Crippen LogP contribution in [0.4, 0.5) is 0 Å². The molecule has 1 aliphatic heterocycles. The second kappa shape index (κ2) is 34.7. The van der Waals surface area contributed by atoms with Gasteiger partial charge in [-0.2, -0.15) is 0 Å². The van der Waals surface area contributed by atoms with Gasteiger partial charge in [0, 0.05) is 12.8 Å². The molecule has 0 aromatic rings. The molecule has 2 unspecified atom stereocenters. The summed E-state index contributed by atoms with van der Waals surface area (Å²) < 4.78 is 22.1. The van der Waals surface area contributed by atoms with Gasteiger partial charge >= 0.3 is 11.9 Å². The Balaban J connectivity index is 2.36. The van der Waals surface area contributed by atoms with Crippen molar-refractivity contribution in [2.75, 3.05) is 19.8 Å². The van der Waals surface area contributed by atoms with Gasteiger partial charge in [-0.05, 0) is 38.5 Å². The fourth-order valence-electron chi connectivity index (χ4n) is 6.38. The lowest BCUT2D eigenvalue weighted by atomic mass is 9.99. The highest BCUT2D eigenvalue weighted by atomic mass is 16.7. The van der Waals surface area contributed by atoms with Crippen molar-refractivity contribution in [2.24, 2.45) is 0 Å². The van der Waals surface area contributed by atoms with Crippen molar-refractivity contribution >= 4 is 11.9 Å². The van der Waals surface area contributed by atoms with Gasteiger partial charge in [-0.15, -0.1) is 0 Å². The number of rotatable bonds is 35. The normalized spacial score (nSPS) is 21.1. The number of ether oxygens (including phenoxy) is 4. The molecule has 1 saturated heterocycles. The quantitative estimate of drug-likeness (QED) is 0.0281. The van der Waals surface area contributed by atoms with Crippen LogP contribution in [0.1, 0.15) is 181 Å². The minimum Gasteiger partial charge on any atom is -0.462 e. The molecule has 1 heterocycles. The Hall–Kier alpha value is -1.82. The van der Waals surface area contributed by atoms with Crippen molar-refractivity contribution in [2.45, 2.75) is 218 Å². The highest BCUT2D eigenvalue weighted by molar-refractivity contribution is 5.70. The first-order valence-corrected chi connectivity index (χ1v) is 21.4. The summed E-state index contributed by atoms with van der Waals surface area (Å²) >= 11 is 0. The van der Waals surface area contributed by atoms with Gasteiger partial charge in [-0.3, -0.25) is 9.59 Å². The summed E-state index contributed by atoms with van der Waals surface area (Å²) in [6.45, 7) is 3.37. The fraction of sp³-hybridized carbons (Fsp3) is 0.860. The lowest BCUT2D eigenvalue weighted by Crippen LogP contribution is -2.59. The Kier molecular flexibility index (Phi) is 32.2. The van der Waals surface area contributed by atoms with Crippen LogP contribution in [0.15, 0.2) is 24.3 Å². The van der Waals surface area contributed by atoms with Gasteiger partial charge in [-0.1, -0.05) is 154 Å². The molecular formula is C43H78O10. The lowest BCUT2D eigenvalue weighted by molar-refractivity contribution is -0.305. The maximum atomic E-state index is 12.7. The van der Waals surface area contributed by atoms with E-state index < -0.39 is 49.4 Å². The monoisotopic (exact) mass is 755 g/mol. The summed E-state index contributed by atoms with van der Waals surface area (Å²) in [7, 11) is 0. The summed E-state index contributed by atoms with van der Waals surface area (Å²) in [6.07, 6.45) is 28.9. The summed E-state index contributed by atoms with van der Waals surface area (Å²) in [5.74, 6) is -0.818. The molecule has 0 bridgehead atoms. The average molecular weight is 755 g/mol. The van der Waals surface area contributed by atoms with Gasteiger partial charge in [0.2, 0.25) is 0 Å². The number of aliphatic hydroxyl groups excluding tert-OH is 4. The summed E-state index contributed by atoms with van der Waals surface area (Å²) in [6, 6.07) is 0. The van der Waals surface area contributed by atoms with Crippen LogP contribution in [0, 0.1) is 0 Å². The second-order valence-corrected chi connectivity index (χ2v) is 14.8. The maximum Gasteiger partial charge on any atom is 0.306 e. The number of hydrogen-bond donors (Lipinski definition) is 4. The van der Waals surface area contributed by atoms with Crippen LogP contribution < -0.4 is 0 Å². The van der Waals surface area contributed by atoms with Crippen LogP contribution >= 0.6 is 0 Å². The first-order valence-electron chi connectivity index (χ1n) is 21.4. The molecule has 0 spiro atoms. The Morgan fingerprint density at radius 2 is 1.08 bits per heavy atom. The van der Waals surface area contributed by atoms with E-state index in [1.54, 1.807) is 0 Å². The Morgan fingerprint density at radius 3 is 1.62 bits per heavy atom. The van der Waals surface area contributed by atoms with E-state index in [-0.39, 0.29) is 32.0 Å². The highest BCUT2D eigenvalue weighted by Crippen LogP contribution is 2.22. The number of unbranched alkanes of at least 4 members (excludes halogenated alkanes) is 20. The molecule has 10 heteroatoms. The van der Waals surface area contributed by atoms with Crippen LogP contribution in [-0.2, 0) is 28.5 Å². The van der Waals surface area contributed by atoms with Gasteiger partial charge in [0.1, 0.15) is 31.0 Å². The van der Waals surface area contributed by atoms with Crippen molar-refractivity contribution in [1.29, 1.82) is 0 Å². The number of carbonyl (C=O) groups is 2. The average Bonchev–Trinajstić information content (AvgIpc) is 3.15. The van der Waals surface area contributed by atoms with E-state index >= 15 is 0 Å². The molecule has 4 N–H and O–H groups in total. The molecule has 0 aromatic carbocycles. The molecule has 6 atom stereocenters. The molecule has 310 valence electrons. The van der Waals surface area contributed by atoms with Crippen molar-refractivity contribution in [3.8, 4) is 0 Å². The minimum absolute atomic E-state index is 0.216. The largest absolute Gasteiger partial charge is 0.462 e. The van der Waals surface area contributed by atoms with E-state index in [1.165, 1.54) is 83.5 Å². The Bertz CT molecular complexity index is 923. The van der Waals surface area contributed by atoms with E-state index in [0.717, 1.165) is 64.2 Å². The van der Waals surface area contributed by atoms with Gasteiger partial charge in [-0.25, -0.2) is 0 Å². The molecule has 0 amide bonds.